The maximum absolute atomic E-state index is 11.9. The Morgan fingerprint density at radius 1 is 1.17 bits per heavy atom. The molecule has 0 bridgehead atoms. The van der Waals surface area contributed by atoms with Gasteiger partial charge in [0.05, 0.1) is 29.0 Å². The van der Waals surface area contributed by atoms with Crippen LogP contribution in [0.15, 0.2) is 6.20 Å². The highest BCUT2D eigenvalue weighted by Gasteiger charge is 2.17. The monoisotopic (exact) mass is 442 g/mol. The predicted octanol–water partition coefficient (Wildman–Crippen LogP) is -2.96. The third kappa shape index (κ3) is 6.78. The van der Waals surface area contributed by atoms with Crippen LogP contribution >= 0.6 is 22.6 Å². The van der Waals surface area contributed by atoms with Gasteiger partial charge in [0.2, 0.25) is 5.91 Å². The zero-order valence-electron chi connectivity index (χ0n) is 12.1. The van der Waals surface area contributed by atoms with Gasteiger partial charge in [0, 0.05) is 19.3 Å². The molecule has 0 saturated heterocycles. The molecule has 130 valence electrons. The van der Waals surface area contributed by atoms with E-state index < -0.39 is 37.2 Å². The quantitative estimate of drug-likeness (QED) is 0.223. The molecule has 0 spiro atoms. The first-order valence-electron chi connectivity index (χ1n) is 6.73. The number of hydrogen-bond donors (Lipinski definition) is 6. The topological polar surface area (TPSA) is 157 Å². The van der Waals surface area contributed by atoms with Crippen molar-refractivity contribution in [2.24, 2.45) is 0 Å². The first-order chi connectivity index (χ1) is 10.9. The average molecular weight is 442 g/mol. The number of aromatic nitrogens is 2. The van der Waals surface area contributed by atoms with Gasteiger partial charge >= 0.3 is 0 Å². The van der Waals surface area contributed by atoms with Crippen LogP contribution in [0.25, 0.3) is 0 Å². The molecular formula is C12H19IN4O6. The number of carbonyl (C=O) groups excluding carboxylic acids is 2. The molecule has 0 aliphatic carbocycles. The van der Waals surface area contributed by atoms with Crippen LogP contribution in [0.4, 0.5) is 0 Å². The Labute approximate surface area is 145 Å². The van der Waals surface area contributed by atoms with E-state index in [9.17, 15) is 14.7 Å². The molecule has 1 aromatic rings. The minimum absolute atomic E-state index is 0.0832. The molecule has 0 saturated carbocycles. The van der Waals surface area contributed by atoms with E-state index in [0.29, 0.717) is 3.57 Å². The molecule has 0 unspecified atom stereocenters. The summed E-state index contributed by atoms with van der Waals surface area (Å²) in [6, 6.07) is 0. The maximum Gasteiger partial charge on any atom is 0.272 e. The minimum Gasteiger partial charge on any atom is -0.394 e. The zero-order chi connectivity index (χ0) is 17.4. The smallest absolute Gasteiger partial charge is 0.272 e. The lowest BCUT2D eigenvalue weighted by Gasteiger charge is -2.09. The highest BCUT2D eigenvalue weighted by atomic mass is 127. The number of aliphatic hydroxyl groups excluding tert-OH is 4. The van der Waals surface area contributed by atoms with Gasteiger partial charge in [-0.05, 0) is 22.6 Å². The number of rotatable bonds is 9. The van der Waals surface area contributed by atoms with Crippen molar-refractivity contribution < 1.29 is 30.0 Å². The van der Waals surface area contributed by atoms with E-state index in [4.69, 9.17) is 15.3 Å². The van der Waals surface area contributed by atoms with Crippen LogP contribution in [0.3, 0.4) is 0 Å². The lowest BCUT2D eigenvalue weighted by Crippen LogP contribution is -2.36. The van der Waals surface area contributed by atoms with Crippen molar-refractivity contribution in [3.8, 4) is 0 Å². The SMILES string of the molecule is O=C(Cn1cc(I)c(C(=O)NC[C@H](O)CO)n1)NC[C@@H](O)CO. The van der Waals surface area contributed by atoms with Crippen molar-refractivity contribution in [2.45, 2.75) is 18.8 Å². The van der Waals surface area contributed by atoms with E-state index in [-0.39, 0.29) is 25.3 Å². The van der Waals surface area contributed by atoms with Crippen LogP contribution in [0.1, 0.15) is 10.5 Å². The first kappa shape index (κ1) is 19.8. The van der Waals surface area contributed by atoms with Crippen molar-refractivity contribution in [2.75, 3.05) is 26.3 Å². The molecule has 0 aliphatic heterocycles. The van der Waals surface area contributed by atoms with Gasteiger partial charge < -0.3 is 31.1 Å². The first-order valence-corrected chi connectivity index (χ1v) is 7.81. The summed E-state index contributed by atoms with van der Waals surface area (Å²) in [4.78, 5) is 23.5. The Kier molecular flexibility index (Phi) is 8.40. The second-order valence-corrected chi connectivity index (χ2v) is 5.87. The summed E-state index contributed by atoms with van der Waals surface area (Å²) >= 11 is 1.89. The van der Waals surface area contributed by atoms with Crippen molar-refractivity contribution in [3.63, 3.8) is 0 Å². The Balaban J connectivity index is 2.57. The lowest BCUT2D eigenvalue weighted by atomic mass is 10.3. The molecule has 0 aliphatic rings. The second kappa shape index (κ2) is 9.77. The molecule has 11 heteroatoms. The fourth-order valence-corrected chi connectivity index (χ4v) is 2.16. The predicted molar refractivity (Wildman–Crippen MR) is 86.5 cm³/mol. The Morgan fingerprint density at radius 2 is 1.74 bits per heavy atom. The summed E-state index contributed by atoms with van der Waals surface area (Å²) in [6.45, 7) is -1.27. The molecule has 6 N–H and O–H groups in total. The minimum atomic E-state index is -1.05. The van der Waals surface area contributed by atoms with Gasteiger partial charge in [-0.3, -0.25) is 14.3 Å². The number of amides is 2. The average Bonchev–Trinajstić information content (AvgIpc) is 2.90. The van der Waals surface area contributed by atoms with E-state index in [1.807, 2.05) is 22.6 Å². The summed E-state index contributed by atoms with van der Waals surface area (Å²) in [5, 5.41) is 44.5. The van der Waals surface area contributed by atoms with Gasteiger partial charge in [-0.25, -0.2) is 0 Å². The van der Waals surface area contributed by atoms with E-state index in [2.05, 4.69) is 15.7 Å². The third-order valence-electron chi connectivity index (χ3n) is 2.69. The van der Waals surface area contributed by atoms with Crippen molar-refractivity contribution in [3.05, 3.63) is 15.5 Å². The van der Waals surface area contributed by atoms with Crippen molar-refractivity contribution in [1.29, 1.82) is 0 Å². The summed E-state index contributed by atoms with van der Waals surface area (Å²) < 4.78 is 1.78. The number of nitrogens with zero attached hydrogens (tertiary/aromatic N) is 2. The van der Waals surface area contributed by atoms with Gasteiger partial charge in [0.1, 0.15) is 6.54 Å². The zero-order valence-corrected chi connectivity index (χ0v) is 14.3. The van der Waals surface area contributed by atoms with Crippen molar-refractivity contribution >= 4 is 34.4 Å². The van der Waals surface area contributed by atoms with E-state index in [1.54, 1.807) is 0 Å². The number of nitrogens with one attached hydrogen (secondary N) is 2. The summed E-state index contributed by atoms with van der Waals surface area (Å²) in [6.07, 6.45) is -0.585. The molecule has 0 radical (unpaired) electrons. The molecule has 2 atom stereocenters. The molecule has 2 amide bonds. The van der Waals surface area contributed by atoms with Crippen LogP contribution in [0.2, 0.25) is 0 Å². The van der Waals surface area contributed by atoms with Crippen molar-refractivity contribution in [1.82, 2.24) is 20.4 Å². The molecule has 1 rings (SSSR count). The Hall–Kier alpha value is -1.28. The molecular weight excluding hydrogens is 423 g/mol. The van der Waals surface area contributed by atoms with Gasteiger partial charge in [0.25, 0.3) is 5.91 Å². The number of aliphatic hydroxyl groups is 4. The van der Waals surface area contributed by atoms with E-state index >= 15 is 0 Å². The lowest BCUT2D eigenvalue weighted by molar-refractivity contribution is -0.122. The fraction of sp³-hybridized carbons (Fsp3) is 0.583. The van der Waals surface area contributed by atoms with E-state index in [1.165, 1.54) is 10.9 Å². The molecule has 1 aromatic heterocycles. The molecule has 1 heterocycles. The van der Waals surface area contributed by atoms with Crippen LogP contribution < -0.4 is 10.6 Å². The van der Waals surface area contributed by atoms with Crippen LogP contribution in [0, 0.1) is 3.57 Å². The van der Waals surface area contributed by atoms with Crippen LogP contribution in [-0.2, 0) is 11.3 Å². The number of carbonyl (C=O) groups is 2. The summed E-state index contributed by atoms with van der Waals surface area (Å²) in [5.41, 5.74) is 0.0962. The maximum atomic E-state index is 11.9. The molecule has 10 nitrogen and oxygen atoms in total. The highest BCUT2D eigenvalue weighted by Crippen LogP contribution is 2.10. The molecule has 0 aromatic carbocycles. The third-order valence-corrected chi connectivity index (χ3v) is 3.48. The number of halogens is 1. The van der Waals surface area contributed by atoms with E-state index in [0.717, 1.165) is 0 Å². The highest BCUT2D eigenvalue weighted by molar-refractivity contribution is 14.1. The van der Waals surface area contributed by atoms with Crippen LogP contribution in [-0.4, -0.2) is 80.5 Å². The van der Waals surface area contributed by atoms with Gasteiger partial charge in [-0.2, -0.15) is 5.10 Å². The largest absolute Gasteiger partial charge is 0.394 e. The standard InChI is InChI=1S/C12H19IN4O6/c13-9-3-17(4-10(22)14-1-7(20)5-18)16-11(9)12(23)15-2-8(21)6-19/h3,7-8,18-21H,1-2,4-6H2,(H,14,22)(H,15,23)/t7-,8+/m1/s1. The fourth-order valence-electron chi connectivity index (χ4n) is 1.49. The summed E-state index contributed by atoms with van der Waals surface area (Å²) in [7, 11) is 0. The van der Waals surface area contributed by atoms with Gasteiger partial charge in [0.15, 0.2) is 5.69 Å². The summed E-state index contributed by atoms with van der Waals surface area (Å²) in [5.74, 6) is -0.962. The van der Waals surface area contributed by atoms with Gasteiger partial charge in [-0.1, -0.05) is 0 Å². The Bertz CT molecular complexity index is 538. The molecule has 0 fully saturated rings. The normalized spacial score (nSPS) is 13.4. The van der Waals surface area contributed by atoms with Gasteiger partial charge in [-0.15, -0.1) is 0 Å². The number of hydrogen-bond acceptors (Lipinski definition) is 7. The molecule has 23 heavy (non-hydrogen) atoms. The second-order valence-electron chi connectivity index (χ2n) is 4.71. The van der Waals surface area contributed by atoms with Crippen LogP contribution in [0.5, 0.6) is 0 Å². The Morgan fingerprint density at radius 3 is 2.30 bits per heavy atom.